The summed E-state index contributed by atoms with van der Waals surface area (Å²) in [5, 5.41) is 3.45. The average molecular weight is 414 g/mol. The van der Waals surface area contributed by atoms with Crippen molar-refractivity contribution < 1.29 is 13.9 Å². The van der Waals surface area contributed by atoms with E-state index in [-0.39, 0.29) is 5.82 Å². The van der Waals surface area contributed by atoms with Crippen LogP contribution in [0.5, 0.6) is 5.75 Å². The van der Waals surface area contributed by atoms with E-state index in [1.165, 1.54) is 17.7 Å². The van der Waals surface area contributed by atoms with Crippen molar-refractivity contribution in [3.63, 3.8) is 0 Å². The van der Waals surface area contributed by atoms with Gasteiger partial charge < -0.3 is 19.7 Å². The number of rotatable bonds is 10. The Labute approximate surface area is 178 Å². The minimum atomic E-state index is -0.246. The fourth-order valence-electron chi connectivity index (χ4n) is 3.56. The molecule has 1 aliphatic rings. The van der Waals surface area contributed by atoms with Gasteiger partial charge in [-0.3, -0.25) is 4.99 Å². The summed E-state index contributed by atoms with van der Waals surface area (Å²) in [5.41, 5.74) is 1.22. The second-order valence-corrected chi connectivity index (χ2v) is 7.58. The Balaban J connectivity index is 1.27. The lowest BCUT2D eigenvalue weighted by Gasteiger charge is -2.21. The number of aliphatic imine (C=N–C) groups is 1. The molecule has 2 aromatic rings. The Morgan fingerprint density at radius 1 is 1.13 bits per heavy atom. The summed E-state index contributed by atoms with van der Waals surface area (Å²) in [7, 11) is 1.83. The van der Waals surface area contributed by atoms with Crippen LogP contribution in [0.3, 0.4) is 0 Å². The first-order valence-corrected chi connectivity index (χ1v) is 10.7. The van der Waals surface area contributed by atoms with Crippen molar-refractivity contribution in [2.24, 2.45) is 10.9 Å². The molecular formula is C24H32FN3O2. The number of nitrogens with one attached hydrogen (secondary N) is 1. The zero-order valence-corrected chi connectivity index (χ0v) is 17.7. The molecule has 1 saturated heterocycles. The number of halogens is 1. The summed E-state index contributed by atoms with van der Waals surface area (Å²) < 4.78 is 24.4. The molecule has 0 spiro atoms. The predicted molar refractivity (Wildman–Crippen MR) is 118 cm³/mol. The fourth-order valence-corrected chi connectivity index (χ4v) is 3.56. The van der Waals surface area contributed by atoms with Crippen molar-refractivity contribution in [1.29, 1.82) is 0 Å². The van der Waals surface area contributed by atoms with Crippen LogP contribution in [-0.4, -0.2) is 50.8 Å². The summed E-state index contributed by atoms with van der Waals surface area (Å²) in [6.45, 7) is 4.91. The molecule has 0 saturated carbocycles. The number of nitrogens with zero attached hydrogens (tertiary/aromatic N) is 2. The highest BCUT2D eigenvalue weighted by atomic mass is 19.1. The lowest BCUT2D eigenvalue weighted by atomic mass is 10.1. The Morgan fingerprint density at radius 3 is 2.70 bits per heavy atom. The van der Waals surface area contributed by atoms with E-state index in [0.29, 0.717) is 24.9 Å². The van der Waals surface area contributed by atoms with Gasteiger partial charge in [0.1, 0.15) is 11.6 Å². The van der Waals surface area contributed by atoms with Gasteiger partial charge in [-0.05, 0) is 49.1 Å². The minimum Gasteiger partial charge on any atom is -0.494 e. The van der Waals surface area contributed by atoms with Crippen LogP contribution in [0.2, 0.25) is 0 Å². The van der Waals surface area contributed by atoms with E-state index in [0.717, 1.165) is 51.5 Å². The minimum absolute atomic E-state index is 0.246. The van der Waals surface area contributed by atoms with Gasteiger partial charge in [-0.2, -0.15) is 0 Å². The zero-order valence-electron chi connectivity index (χ0n) is 17.7. The van der Waals surface area contributed by atoms with E-state index in [9.17, 15) is 4.39 Å². The Hall–Kier alpha value is -2.60. The van der Waals surface area contributed by atoms with E-state index >= 15 is 0 Å². The number of unbranched alkanes of at least 4 members (excludes halogenated alkanes) is 1. The average Bonchev–Trinajstić information content (AvgIpc) is 3.24. The Bertz CT molecular complexity index is 768. The van der Waals surface area contributed by atoms with Gasteiger partial charge in [-0.15, -0.1) is 0 Å². The first kappa shape index (κ1) is 22.1. The van der Waals surface area contributed by atoms with E-state index in [4.69, 9.17) is 9.47 Å². The van der Waals surface area contributed by atoms with E-state index in [1.54, 1.807) is 12.1 Å². The van der Waals surface area contributed by atoms with Crippen molar-refractivity contribution in [2.75, 3.05) is 39.9 Å². The molecule has 1 atom stereocenters. The quantitative estimate of drug-likeness (QED) is 0.362. The molecule has 5 nitrogen and oxygen atoms in total. The molecule has 30 heavy (non-hydrogen) atoms. The summed E-state index contributed by atoms with van der Waals surface area (Å²) in [6.07, 6.45) is 3.04. The zero-order chi connectivity index (χ0) is 21.0. The topological polar surface area (TPSA) is 46.1 Å². The van der Waals surface area contributed by atoms with Crippen LogP contribution in [0.4, 0.5) is 4.39 Å². The van der Waals surface area contributed by atoms with Gasteiger partial charge in [0.05, 0.1) is 19.8 Å². The number of benzene rings is 2. The molecule has 0 radical (unpaired) electrons. The summed E-state index contributed by atoms with van der Waals surface area (Å²) in [6, 6.07) is 16.4. The second-order valence-electron chi connectivity index (χ2n) is 7.58. The molecular weight excluding hydrogens is 381 g/mol. The number of hydrogen-bond acceptors (Lipinski definition) is 3. The van der Waals surface area contributed by atoms with E-state index < -0.39 is 0 Å². The molecule has 6 heteroatoms. The Kier molecular flexibility index (Phi) is 8.97. The van der Waals surface area contributed by atoms with Gasteiger partial charge in [0.15, 0.2) is 5.96 Å². The third-order valence-corrected chi connectivity index (χ3v) is 5.20. The molecule has 0 amide bonds. The maximum absolute atomic E-state index is 12.9. The van der Waals surface area contributed by atoms with Crippen molar-refractivity contribution in [1.82, 2.24) is 10.2 Å². The van der Waals surface area contributed by atoms with Crippen molar-refractivity contribution in [3.8, 4) is 5.75 Å². The highest BCUT2D eigenvalue weighted by molar-refractivity contribution is 5.80. The van der Waals surface area contributed by atoms with Gasteiger partial charge in [0.2, 0.25) is 0 Å². The lowest BCUT2D eigenvalue weighted by Crippen LogP contribution is -2.40. The Morgan fingerprint density at radius 2 is 1.93 bits per heavy atom. The van der Waals surface area contributed by atoms with Crippen LogP contribution >= 0.6 is 0 Å². The molecule has 2 aromatic carbocycles. The highest BCUT2D eigenvalue weighted by Gasteiger charge is 2.24. The fraction of sp³-hybridized carbons (Fsp3) is 0.458. The number of ether oxygens (including phenoxy) is 2. The molecule has 1 N–H and O–H groups in total. The number of hydrogen-bond donors (Lipinski definition) is 1. The van der Waals surface area contributed by atoms with Gasteiger partial charge >= 0.3 is 0 Å². The maximum Gasteiger partial charge on any atom is 0.193 e. The molecule has 0 aromatic heterocycles. The standard InChI is InChI=1S/C24H32FN3O2/c1-26-24(27-14-5-6-16-30-23-11-9-22(25)10-12-23)28-15-13-21(17-28)19-29-18-20-7-3-2-4-8-20/h2-4,7-12,21H,5-6,13-19H2,1H3,(H,26,27). The summed E-state index contributed by atoms with van der Waals surface area (Å²) in [5.74, 6) is 1.96. The normalized spacial score (nSPS) is 16.7. The number of likely N-dealkylation sites (tertiary alicyclic amines) is 1. The highest BCUT2D eigenvalue weighted by Crippen LogP contribution is 2.17. The monoisotopic (exact) mass is 413 g/mol. The van der Waals surface area contributed by atoms with Crippen molar-refractivity contribution >= 4 is 5.96 Å². The molecule has 1 fully saturated rings. The van der Waals surface area contributed by atoms with Gasteiger partial charge in [0.25, 0.3) is 0 Å². The largest absolute Gasteiger partial charge is 0.494 e. The molecule has 1 heterocycles. The summed E-state index contributed by atoms with van der Waals surface area (Å²) in [4.78, 5) is 6.74. The first-order valence-electron chi connectivity index (χ1n) is 10.7. The van der Waals surface area contributed by atoms with Crippen LogP contribution in [0.25, 0.3) is 0 Å². The molecule has 3 rings (SSSR count). The van der Waals surface area contributed by atoms with Gasteiger partial charge in [-0.1, -0.05) is 30.3 Å². The first-order chi connectivity index (χ1) is 14.7. The van der Waals surface area contributed by atoms with Crippen molar-refractivity contribution in [2.45, 2.75) is 25.9 Å². The van der Waals surface area contributed by atoms with Crippen LogP contribution in [0.1, 0.15) is 24.8 Å². The predicted octanol–water partition coefficient (Wildman–Crippen LogP) is 4.10. The molecule has 162 valence electrons. The van der Waals surface area contributed by atoms with E-state index in [1.807, 2.05) is 25.2 Å². The van der Waals surface area contributed by atoms with Crippen LogP contribution < -0.4 is 10.1 Å². The van der Waals surface area contributed by atoms with Crippen LogP contribution in [0, 0.1) is 11.7 Å². The number of guanidine groups is 1. The molecule has 0 bridgehead atoms. The van der Waals surface area contributed by atoms with Crippen LogP contribution in [0.15, 0.2) is 59.6 Å². The van der Waals surface area contributed by atoms with Gasteiger partial charge in [0, 0.05) is 32.6 Å². The molecule has 0 aliphatic carbocycles. The third-order valence-electron chi connectivity index (χ3n) is 5.20. The SMILES string of the molecule is CN=C(NCCCCOc1ccc(F)cc1)N1CCC(COCc2ccccc2)C1. The second kappa shape index (κ2) is 12.2. The molecule has 1 unspecified atom stereocenters. The summed E-state index contributed by atoms with van der Waals surface area (Å²) >= 11 is 0. The van der Waals surface area contributed by atoms with E-state index in [2.05, 4.69) is 27.3 Å². The van der Waals surface area contributed by atoms with Crippen LogP contribution in [-0.2, 0) is 11.3 Å². The molecule has 1 aliphatic heterocycles. The lowest BCUT2D eigenvalue weighted by molar-refractivity contribution is 0.0907. The van der Waals surface area contributed by atoms with Crippen molar-refractivity contribution in [3.05, 3.63) is 66.0 Å². The smallest absolute Gasteiger partial charge is 0.193 e. The van der Waals surface area contributed by atoms with Gasteiger partial charge in [-0.25, -0.2) is 4.39 Å². The maximum atomic E-state index is 12.9. The third kappa shape index (κ3) is 7.34.